The molecule has 2 N–H and O–H groups in total. The van der Waals surface area contributed by atoms with Crippen LogP contribution >= 0.6 is 11.3 Å². The van der Waals surface area contributed by atoms with Crippen LogP contribution in [0.3, 0.4) is 0 Å². The minimum Gasteiger partial charge on any atom is -0.356 e. The predicted octanol–water partition coefficient (Wildman–Crippen LogP) is 1.77. The van der Waals surface area contributed by atoms with Gasteiger partial charge in [0.25, 0.3) is 5.91 Å². The lowest BCUT2D eigenvalue weighted by Gasteiger charge is -2.03. The van der Waals surface area contributed by atoms with E-state index >= 15 is 0 Å². The third-order valence-corrected chi connectivity index (χ3v) is 2.95. The van der Waals surface area contributed by atoms with Gasteiger partial charge in [-0.15, -0.1) is 11.3 Å². The molecule has 0 aromatic carbocycles. The second kappa shape index (κ2) is 7.60. The Bertz CT molecular complexity index is 427. The van der Waals surface area contributed by atoms with Gasteiger partial charge < -0.3 is 5.32 Å². The average Bonchev–Trinajstić information content (AvgIpc) is 2.87. The number of nitrogens with one attached hydrogen (secondary N) is 2. The van der Waals surface area contributed by atoms with Crippen LogP contribution in [-0.4, -0.2) is 24.1 Å². The van der Waals surface area contributed by atoms with Crippen LogP contribution in [-0.2, 0) is 4.79 Å². The highest BCUT2D eigenvalue weighted by molar-refractivity contribution is 7.12. The maximum atomic E-state index is 11.6. The van der Waals surface area contributed by atoms with E-state index in [1.807, 2.05) is 12.3 Å². The normalized spacial score (nSPS) is 11.1. The molecular formula is C12H17N3O2S. The first-order chi connectivity index (χ1) is 8.63. The molecule has 0 unspecified atom stereocenters. The molecule has 0 saturated carbocycles. The van der Waals surface area contributed by atoms with E-state index in [0.29, 0.717) is 17.1 Å². The van der Waals surface area contributed by atoms with Crippen molar-refractivity contribution in [2.45, 2.75) is 26.7 Å². The molecule has 2 amide bonds. The SMILES string of the molecule is CCCNC(=O)CC(C)=NNC(=O)c1cccs1. The number of hydrogen-bond acceptors (Lipinski definition) is 4. The molecule has 0 fully saturated rings. The lowest BCUT2D eigenvalue weighted by molar-refractivity contribution is -0.119. The molecule has 1 aromatic heterocycles. The van der Waals surface area contributed by atoms with Gasteiger partial charge in [0.15, 0.2) is 0 Å². The van der Waals surface area contributed by atoms with Gasteiger partial charge >= 0.3 is 0 Å². The molecule has 1 rings (SSSR count). The van der Waals surface area contributed by atoms with Gasteiger partial charge in [0, 0.05) is 12.3 Å². The average molecular weight is 267 g/mol. The Balaban J connectivity index is 2.37. The van der Waals surface area contributed by atoms with Gasteiger partial charge in [-0.1, -0.05) is 13.0 Å². The Morgan fingerprint density at radius 2 is 2.22 bits per heavy atom. The van der Waals surface area contributed by atoms with Gasteiger partial charge in [-0.25, -0.2) is 5.43 Å². The fourth-order valence-electron chi connectivity index (χ4n) is 1.21. The van der Waals surface area contributed by atoms with Crippen LogP contribution in [0.15, 0.2) is 22.6 Å². The van der Waals surface area contributed by atoms with Crippen molar-refractivity contribution in [2.75, 3.05) is 6.54 Å². The van der Waals surface area contributed by atoms with Gasteiger partial charge in [0.05, 0.1) is 11.3 Å². The van der Waals surface area contributed by atoms with Crippen molar-refractivity contribution < 1.29 is 9.59 Å². The molecule has 0 atom stereocenters. The molecular weight excluding hydrogens is 250 g/mol. The van der Waals surface area contributed by atoms with Crippen molar-refractivity contribution in [1.82, 2.24) is 10.7 Å². The summed E-state index contributed by atoms with van der Waals surface area (Å²) in [4.78, 5) is 23.5. The van der Waals surface area contributed by atoms with E-state index < -0.39 is 0 Å². The van der Waals surface area contributed by atoms with Crippen molar-refractivity contribution in [1.29, 1.82) is 0 Å². The molecule has 0 radical (unpaired) electrons. The topological polar surface area (TPSA) is 70.6 Å². The van der Waals surface area contributed by atoms with E-state index in [2.05, 4.69) is 15.8 Å². The summed E-state index contributed by atoms with van der Waals surface area (Å²) in [5.74, 6) is -0.332. The van der Waals surface area contributed by atoms with Gasteiger partial charge in [0.1, 0.15) is 0 Å². The molecule has 1 aromatic rings. The summed E-state index contributed by atoms with van der Waals surface area (Å²) < 4.78 is 0. The Kier molecular flexibility index (Phi) is 6.07. The molecule has 5 nitrogen and oxygen atoms in total. The van der Waals surface area contributed by atoms with Crippen LogP contribution in [0.2, 0.25) is 0 Å². The van der Waals surface area contributed by atoms with Gasteiger partial charge in [-0.2, -0.15) is 5.10 Å². The summed E-state index contributed by atoms with van der Waals surface area (Å²) in [6.45, 7) is 4.36. The minimum atomic E-state index is -0.252. The number of thiophene rings is 1. The Hall–Kier alpha value is -1.69. The molecule has 18 heavy (non-hydrogen) atoms. The summed E-state index contributed by atoms with van der Waals surface area (Å²) in [7, 11) is 0. The van der Waals surface area contributed by atoms with Crippen LogP contribution in [0.4, 0.5) is 0 Å². The minimum absolute atomic E-state index is 0.0801. The number of carbonyl (C=O) groups is 2. The number of carbonyl (C=O) groups excluding carboxylic acids is 2. The lowest BCUT2D eigenvalue weighted by Crippen LogP contribution is -2.26. The molecule has 0 aliphatic carbocycles. The van der Waals surface area contributed by atoms with E-state index in [-0.39, 0.29) is 18.2 Å². The maximum Gasteiger partial charge on any atom is 0.281 e. The summed E-state index contributed by atoms with van der Waals surface area (Å²) >= 11 is 1.35. The fourth-order valence-corrected chi connectivity index (χ4v) is 1.82. The quantitative estimate of drug-likeness (QED) is 0.609. The van der Waals surface area contributed by atoms with E-state index in [1.54, 1.807) is 19.1 Å². The highest BCUT2D eigenvalue weighted by Crippen LogP contribution is 2.07. The second-order valence-corrected chi connectivity index (χ2v) is 4.74. The Labute approximate surface area is 110 Å². The van der Waals surface area contributed by atoms with Crippen LogP contribution in [0.5, 0.6) is 0 Å². The fraction of sp³-hybridized carbons (Fsp3) is 0.417. The van der Waals surface area contributed by atoms with Crippen LogP contribution in [0, 0.1) is 0 Å². The maximum absolute atomic E-state index is 11.6. The molecule has 0 aliphatic heterocycles. The number of hydrazone groups is 1. The summed E-state index contributed by atoms with van der Waals surface area (Å²) in [5, 5.41) is 8.46. The molecule has 6 heteroatoms. The molecule has 0 bridgehead atoms. The molecule has 98 valence electrons. The molecule has 1 heterocycles. The number of amides is 2. The first kappa shape index (κ1) is 14.4. The standard InChI is InChI=1S/C12H17N3O2S/c1-3-6-13-11(16)8-9(2)14-15-12(17)10-5-4-7-18-10/h4-5,7H,3,6,8H2,1-2H3,(H,13,16)(H,15,17). The molecule has 0 aliphatic rings. The van der Waals surface area contributed by atoms with Gasteiger partial charge in [-0.05, 0) is 24.8 Å². The molecule has 0 spiro atoms. The highest BCUT2D eigenvalue weighted by Gasteiger charge is 2.06. The summed E-state index contributed by atoms with van der Waals surface area (Å²) in [5.41, 5.74) is 3.00. The molecule has 0 saturated heterocycles. The predicted molar refractivity (Wildman–Crippen MR) is 72.8 cm³/mol. The number of hydrogen-bond donors (Lipinski definition) is 2. The van der Waals surface area contributed by atoms with E-state index in [4.69, 9.17) is 0 Å². The monoisotopic (exact) mass is 267 g/mol. The Morgan fingerprint density at radius 1 is 1.44 bits per heavy atom. The third kappa shape index (κ3) is 5.09. The van der Waals surface area contributed by atoms with Crippen LogP contribution < -0.4 is 10.7 Å². The Morgan fingerprint density at radius 3 is 2.83 bits per heavy atom. The van der Waals surface area contributed by atoms with Crippen molar-refractivity contribution in [3.8, 4) is 0 Å². The largest absolute Gasteiger partial charge is 0.356 e. The number of nitrogens with zero attached hydrogens (tertiary/aromatic N) is 1. The van der Waals surface area contributed by atoms with Crippen molar-refractivity contribution in [3.63, 3.8) is 0 Å². The summed E-state index contributed by atoms with van der Waals surface area (Å²) in [6.07, 6.45) is 1.10. The van der Waals surface area contributed by atoms with Crippen molar-refractivity contribution in [2.24, 2.45) is 5.10 Å². The van der Waals surface area contributed by atoms with E-state index in [0.717, 1.165) is 6.42 Å². The van der Waals surface area contributed by atoms with E-state index in [9.17, 15) is 9.59 Å². The number of rotatable bonds is 6. The lowest BCUT2D eigenvalue weighted by atomic mass is 10.3. The van der Waals surface area contributed by atoms with Crippen LogP contribution in [0.1, 0.15) is 36.4 Å². The zero-order chi connectivity index (χ0) is 13.4. The third-order valence-electron chi connectivity index (χ3n) is 2.08. The zero-order valence-electron chi connectivity index (χ0n) is 10.5. The summed E-state index contributed by atoms with van der Waals surface area (Å²) in [6, 6.07) is 3.52. The highest BCUT2D eigenvalue weighted by atomic mass is 32.1. The first-order valence-electron chi connectivity index (χ1n) is 5.77. The van der Waals surface area contributed by atoms with Crippen molar-refractivity contribution in [3.05, 3.63) is 22.4 Å². The smallest absolute Gasteiger partial charge is 0.281 e. The van der Waals surface area contributed by atoms with Gasteiger partial charge in [-0.3, -0.25) is 9.59 Å². The van der Waals surface area contributed by atoms with E-state index in [1.165, 1.54) is 11.3 Å². The zero-order valence-corrected chi connectivity index (χ0v) is 11.3. The van der Waals surface area contributed by atoms with Gasteiger partial charge in [0.2, 0.25) is 5.91 Å². The second-order valence-electron chi connectivity index (χ2n) is 3.79. The van der Waals surface area contributed by atoms with Crippen LogP contribution in [0.25, 0.3) is 0 Å². The first-order valence-corrected chi connectivity index (χ1v) is 6.65. The van der Waals surface area contributed by atoms with Crippen molar-refractivity contribution >= 4 is 28.9 Å².